The molecule has 0 fully saturated rings. The lowest BCUT2D eigenvalue weighted by Crippen LogP contribution is -1.91. The van der Waals surface area contributed by atoms with Gasteiger partial charge in [0.2, 0.25) is 0 Å². The minimum Gasteiger partial charge on any atom is -0.295 e. The summed E-state index contributed by atoms with van der Waals surface area (Å²) in [7, 11) is 0. The molecule has 0 aliphatic carbocycles. The quantitative estimate of drug-likeness (QED) is 0.436. The molecular formula is C10H8FNO3. The fraction of sp³-hybridized carbons (Fsp3) is 0.100. The van der Waals surface area contributed by atoms with Gasteiger partial charge < -0.3 is 0 Å². The van der Waals surface area contributed by atoms with Crippen LogP contribution in [0.15, 0.2) is 24.3 Å². The molecule has 1 rings (SSSR count). The van der Waals surface area contributed by atoms with Gasteiger partial charge >= 0.3 is 0 Å². The van der Waals surface area contributed by atoms with Crippen LogP contribution in [0.2, 0.25) is 0 Å². The first-order chi connectivity index (χ1) is 7.00. The van der Waals surface area contributed by atoms with Gasteiger partial charge in [0.1, 0.15) is 5.82 Å². The van der Waals surface area contributed by atoms with Crippen molar-refractivity contribution in [2.24, 2.45) is 0 Å². The van der Waals surface area contributed by atoms with Crippen LogP contribution < -0.4 is 0 Å². The van der Waals surface area contributed by atoms with Crippen molar-refractivity contribution in [1.82, 2.24) is 0 Å². The highest BCUT2D eigenvalue weighted by atomic mass is 19.1. The van der Waals surface area contributed by atoms with Gasteiger partial charge in [0.15, 0.2) is 5.78 Å². The normalized spacial score (nSPS) is 10.5. The van der Waals surface area contributed by atoms with Crippen molar-refractivity contribution in [2.75, 3.05) is 0 Å². The maximum absolute atomic E-state index is 13.2. The lowest BCUT2D eigenvalue weighted by Gasteiger charge is -1.96. The van der Waals surface area contributed by atoms with Gasteiger partial charge in [-0.1, -0.05) is 0 Å². The zero-order chi connectivity index (χ0) is 11.4. The molecule has 0 aromatic heterocycles. The van der Waals surface area contributed by atoms with Crippen molar-refractivity contribution in [3.05, 3.63) is 45.8 Å². The van der Waals surface area contributed by atoms with E-state index >= 15 is 0 Å². The molecular weight excluding hydrogens is 201 g/mol. The number of hydrogen-bond donors (Lipinski definition) is 0. The van der Waals surface area contributed by atoms with Crippen molar-refractivity contribution in [2.45, 2.75) is 6.92 Å². The summed E-state index contributed by atoms with van der Waals surface area (Å²) in [5.41, 5.74) is -0.164. The standard InChI is InChI=1S/C10H8FNO3/c1-7(13)2-3-8-4-5-9(12(14)15)6-10(8)11/h2-6H,1H3/b3-2+. The third kappa shape index (κ3) is 2.98. The number of carbonyl (C=O) groups is 1. The maximum Gasteiger partial charge on any atom is 0.272 e. The van der Waals surface area contributed by atoms with Crippen LogP contribution >= 0.6 is 0 Å². The summed E-state index contributed by atoms with van der Waals surface area (Å²) >= 11 is 0. The Bertz CT molecular complexity index is 440. The first kappa shape index (κ1) is 11.0. The van der Waals surface area contributed by atoms with Crippen LogP contribution in [-0.4, -0.2) is 10.7 Å². The molecule has 0 N–H and O–H groups in total. The molecule has 5 heteroatoms. The van der Waals surface area contributed by atoms with Gasteiger partial charge in [0.25, 0.3) is 5.69 Å². The lowest BCUT2D eigenvalue weighted by molar-refractivity contribution is -0.385. The summed E-state index contributed by atoms with van der Waals surface area (Å²) in [6.45, 7) is 1.33. The number of ketones is 1. The van der Waals surface area contributed by atoms with Crippen molar-refractivity contribution >= 4 is 17.5 Å². The molecule has 0 spiro atoms. The van der Waals surface area contributed by atoms with Crippen molar-refractivity contribution in [3.63, 3.8) is 0 Å². The molecule has 1 aromatic carbocycles. The molecule has 0 radical (unpaired) electrons. The molecule has 1 aromatic rings. The van der Waals surface area contributed by atoms with Crippen LogP contribution in [0, 0.1) is 15.9 Å². The Labute approximate surface area is 85.2 Å². The molecule has 0 unspecified atom stereocenters. The molecule has 0 saturated heterocycles. The number of non-ortho nitro benzene ring substituents is 1. The van der Waals surface area contributed by atoms with E-state index in [1.807, 2.05) is 0 Å². The second-order valence-corrected chi connectivity index (χ2v) is 2.91. The summed E-state index contributed by atoms with van der Waals surface area (Å²) < 4.78 is 13.2. The number of carbonyl (C=O) groups excluding carboxylic acids is 1. The minimum atomic E-state index is -0.721. The van der Waals surface area contributed by atoms with Gasteiger partial charge in [0, 0.05) is 11.6 Å². The number of benzene rings is 1. The highest BCUT2D eigenvalue weighted by Crippen LogP contribution is 2.17. The topological polar surface area (TPSA) is 60.2 Å². The molecule has 0 heterocycles. The van der Waals surface area contributed by atoms with Crippen molar-refractivity contribution in [1.29, 1.82) is 0 Å². The fourth-order valence-corrected chi connectivity index (χ4v) is 0.972. The Morgan fingerprint density at radius 3 is 2.67 bits per heavy atom. The SMILES string of the molecule is CC(=O)/C=C/c1ccc([N+](=O)[O-])cc1F. The number of nitro groups is 1. The van der Waals surface area contributed by atoms with E-state index < -0.39 is 10.7 Å². The fourth-order valence-electron chi connectivity index (χ4n) is 0.972. The first-order valence-electron chi connectivity index (χ1n) is 4.13. The summed E-state index contributed by atoms with van der Waals surface area (Å²) in [6, 6.07) is 3.26. The third-order valence-electron chi connectivity index (χ3n) is 1.69. The van der Waals surface area contributed by atoms with E-state index in [0.29, 0.717) is 0 Å². The van der Waals surface area contributed by atoms with Gasteiger partial charge in [-0.2, -0.15) is 0 Å². The average molecular weight is 209 g/mol. The van der Waals surface area contributed by atoms with E-state index in [4.69, 9.17) is 0 Å². The molecule has 15 heavy (non-hydrogen) atoms. The van der Waals surface area contributed by atoms with E-state index in [2.05, 4.69) is 0 Å². The molecule has 0 aliphatic rings. The second kappa shape index (κ2) is 4.45. The summed E-state index contributed by atoms with van der Waals surface area (Å²) in [4.78, 5) is 20.2. The number of rotatable bonds is 3. The van der Waals surface area contributed by atoms with Gasteiger partial charge in [-0.05, 0) is 25.1 Å². The van der Waals surface area contributed by atoms with Gasteiger partial charge in [-0.25, -0.2) is 4.39 Å². The van der Waals surface area contributed by atoms with Crippen LogP contribution in [0.3, 0.4) is 0 Å². The Morgan fingerprint density at radius 2 is 2.20 bits per heavy atom. The number of nitrogens with zero attached hydrogens (tertiary/aromatic N) is 1. The first-order valence-corrected chi connectivity index (χ1v) is 4.13. The van der Waals surface area contributed by atoms with Crippen molar-refractivity contribution < 1.29 is 14.1 Å². The van der Waals surface area contributed by atoms with E-state index in [-0.39, 0.29) is 17.0 Å². The second-order valence-electron chi connectivity index (χ2n) is 2.91. The predicted molar refractivity (Wildman–Crippen MR) is 52.8 cm³/mol. The summed E-state index contributed by atoms with van der Waals surface area (Å²) in [5.74, 6) is -0.936. The van der Waals surface area contributed by atoms with E-state index in [0.717, 1.165) is 6.07 Å². The van der Waals surface area contributed by atoms with E-state index in [1.165, 1.54) is 31.2 Å². The molecule has 0 bridgehead atoms. The average Bonchev–Trinajstić information content (AvgIpc) is 2.15. The van der Waals surface area contributed by atoms with Crippen LogP contribution in [-0.2, 0) is 4.79 Å². The molecule has 0 aliphatic heterocycles. The zero-order valence-electron chi connectivity index (χ0n) is 7.94. The van der Waals surface area contributed by atoms with Crippen LogP contribution in [0.5, 0.6) is 0 Å². The summed E-state index contributed by atoms with van der Waals surface area (Å²) in [5, 5.41) is 10.3. The largest absolute Gasteiger partial charge is 0.295 e. The van der Waals surface area contributed by atoms with Gasteiger partial charge in [0.05, 0.1) is 11.0 Å². The summed E-state index contributed by atoms with van der Waals surface area (Å²) in [6.07, 6.45) is 2.48. The third-order valence-corrected chi connectivity index (χ3v) is 1.69. The smallest absolute Gasteiger partial charge is 0.272 e. The molecule has 0 amide bonds. The van der Waals surface area contributed by atoms with Gasteiger partial charge in [-0.3, -0.25) is 14.9 Å². The minimum absolute atomic E-state index is 0.149. The Kier molecular flexibility index (Phi) is 3.28. The van der Waals surface area contributed by atoms with E-state index in [9.17, 15) is 19.3 Å². The predicted octanol–water partition coefficient (Wildman–Crippen LogP) is 2.34. The zero-order valence-corrected chi connectivity index (χ0v) is 7.94. The van der Waals surface area contributed by atoms with Crippen LogP contribution in [0.1, 0.15) is 12.5 Å². The van der Waals surface area contributed by atoms with E-state index in [1.54, 1.807) is 0 Å². The highest BCUT2D eigenvalue weighted by Gasteiger charge is 2.08. The maximum atomic E-state index is 13.2. The number of allylic oxidation sites excluding steroid dienone is 1. The molecule has 0 saturated carbocycles. The molecule has 0 atom stereocenters. The molecule has 78 valence electrons. The number of hydrogen-bond acceptors (Lipinski definition) is 3. The number of nitro benzene ring substituents is 1. The van der Waals surface area contributed by atoms with Crippen LogP contribution in [0.25, 0.3) is 6.08 Å². The van der Waals surface area contributed by atoms with Crippen molar-refractivity contribution in [3.8, 4) is 0 Å². The lowest BCUT2D eigenvalue weighted by atomic mass is 10.1. The Hall–Kier alpha value is -2.04. The highest BCUT2D eigenvalue weighted by molar-refractivity contribution is 5.91. The van der Waals surface area contributed by atoms with Crippen LogP contribution in [0.4, 0.5) is 10.1 Å². The van der Waals surface area contributed by atoms with Gasteiger partial charge in [-0.15, -0.1) is 0 Å². The monoisotopic (exact) mass is 209 g/mol. The Balaban J connectivity index is 3.03. The number of halogens is 1. The Morgan fingerprint density at radius 1 is 1.53 bits per heavy atom. The molecule has 4 nitrogen and oxygen atoms in total.